The highest BCUT2D eigenvalue weighted by Gasteiger charge is 2.26. The second-order valence-electron chi connectivity index (χ2n) is 6.23. The molecule has 1 aromatic carbocycles. The van der Waals surface area contributed by atoms with E-state index in [1.807, 2.05) is 26.0 Å². The Bertz CT molecular complexity index is 711. The van der Waals surface area contributed by atoms with Crippen LogP contribution in [0.3, 0.4) is 0 Å². The normalized spacial score (nSPS) is 15.8. The topological polar surface area (TPSA) is 40.5 Å². The van der Waals surface area contributed by atoms with Crippen LogP contribution >= 0.6 is 0 Å². The Balaban J connectivity index is 2.19. The Morgan fingerprint density at radius 1 is 1.26 bits per heavy atom. The fraction of sp³-hybridized carbons (Fsp3) is 0.526. The lowest BCUT2D eigenvalue weighted by Crippen LogP contribution is -2.15. The molecule has 0 saturated heterocycles. The number of aromatic nitrogens is 1. The van der Waals surface area contributed by atoms with Crippen molar-refractivity contribution in [2.45, 2.75) is 52.0 Å². The summed E-state index contributed by atoms with van der Waals surface area (Å²) < 4.78 is 13.0. The van der Waals surface area contributed by atoms with E-state index in [4.69, 9.17) is 9.47 Å². The van der Waals surface area contributed by atoms with Gasteiger partial charge >= 0.3 is 5.97 Å². The van der Waals surface area contributed by atoms with E-state index in [-0.39, 0.29) is 5.97 Å². The molecule has 0 unspecified atom stereocenters. The molecule has 0 N–H and O–H groups in total. The molecule has 1 saturated carbocycles. The summed E-state index contributed by atoms with van der Waals surface area (Å²) in [5.74, 6) is 0.529. The first-order valence-corrected chi connectivity index (χ1v) is 8.53. The van der Waals surface area contributed by atoms with Crippen molar-refractivity contribution in [1.82, 2.24) is 4.57 Å². The van der Waals surface area contributed by atoms with E-state index in [0.717, 1.165) is 22.3 Å². The summed E-state index contributed by atoms with van der Waals surface area (Å²) >= 11 is 0. The van der Waals surface area contributed by atoms with Gasteiger partial charge in [0.25, 0.3) is 0 Å². The van der Waals surface area contributed by atoms with E-state index < -0.39 is 0 Å². The van der Waals surface area contributed by atoms with Crippen LogP contribution < -0.4 is 4.74 Å². The number of ether oxygens (including phenoxy) is 2. The number of rotatable bonds is 4. The van der Waals surface area contributed by atoms with Crippen molar-refractivity contribution in [2.75, 3.05) is 13.7 Å². The van der Waals surface area contributed by atoms with Crippen LogP contribution in [-0.2, 0) is 4.74 Å². The Hall–Kier alpha value is -1.97. The maximum absolute atomic E-state index is 12.5. The molecule has 0 amide bonds. The molecule has 1 heterocycles. The van der Waals surface area contributed by atoms with Gasteiger partial charge in [-0.1, -0.05) is 19.3 Å². The molecule has 0 aliphatic heterocycles. The number of esters is 1. The fourth-order valence-corrected chi connectivity index (χ4v) is 3.82. The molecule has 1 aromatic heterocycles. The summed E-state index contributed by atoms with van der Waals surface area (Å²) in [4.78, 5) is 12.5. The van der Waals surface area contributed by atoms with Crippen molar-refractivity contribution < 1.29 is 14.3 Å². The smallest absolute Gasteiger partial charge is 0.340 e. The minimum absolute atomic E-state index is 0.238. The second-order valence-corrected chi connectivity index (χ2v) is 6.23. The summed E-state index contributed by atoms with van der Waals surface area (Å²) in [6.07, 6.45) is 6.19. The number of nitrogens with zero attached hydrogens (tertiary/aromatic N) is 1. The van der Waals surface area contributed by atoms with Crippen molar-refractivity contribution >= 4 is 16.9 Å². The molecular formula is C19H25NO3. The molecule has 0 atom stereocenters. The van der Waals surface area contributed by atoms with E-state index in [2.05, 4.69) is 10.6 Å². The summed E-state index contributed by atoms with van der Waals surface area (Å²) in [5.41, 5.74) is 2.81. The van der Waals surface area contributed by atoms with Gasteiger partial charge in [-0.05, 0) is 44.9 Å². The molecule has 0 bridgehead atoms. The van der Waals surface area contributed by atoms with Gasteiger partial charge in [0.15, 0.2) is 0 Å². The molecule has 124 valence electrons. The molecule has 2 aromatic rings. The lowest BCUT2D eigenvalue weighted by Gasteiger charge is -2.26. The first-order valence-electron chi connectivity index (χ1n) is 8.53. The minimum Gasteiger partial charge on any atom is -0.497 e. The lowest BCUT2D eigenvalue weighted by atomic mass is 9.95. The van der Waals surface area contributed by atoms with Crippen LogP contribution in [0, 0.1) is 6.92 Å². The average Bonchev–Trinajstić information content (AvgIpc) is 2.86. The lowest BCUT2D eigenvalue weighted by molar-refractivity contribution is 0.0527. The first kappa shape index (κ1) is 15.9. The molecule has 0 spiro atoms. The zero-order valence-electron chi connectivity index (χ0n) is 14.2. The largest absolute Gasteiger partial charge is 0.497 e. The van der Waals surface area contributed by atoms with Gasteiger partial charge in [0, 0.05) is 22.6 Å². The molecule has 1 aliphatic rings. The number of carbonyl (C=O) groups is 1. The first-order chi connectivity index (χ1) is 11.2. The third-order valence-corrected chi connectivity index (χ3v) is 4.88. The monoisotopic (exact) mass is 315 g/mol. The summed E-state index contributed by atoms with van der Waals surface area (Å²) in [6.45, 7) is 4.26. The number of hydrogen-bond donors (Lipinski definition) is 0. The van der Waals surface area contributed by atoms with Gasteiger partial charge in [-0.3, -0.25) is 0 Å². The minimum atomic E-state index is -0.238. The summed E-state index contributed by atoms with van der Waals surface area (Å²) in [5, 5.41) is 0.936. The molecule has 0 radical (unpaired) electrons. The van der Waals surface area contributed by atoms with Crippen LogP contribution in [0.1, 0.15) is 61.1 Å². The number of methoxy groups -OCH3 is 1. The summed E-state index contributed by atoms with van der Waals surface area (Å²) in [7, 11) is 1.65. The van der Waals surface area contributed by atoms with Gasteiger partial charge in [0.05, 0.1) is 19.3 Å². The quantitative estimate of drug-likeness (QED) is 0.772. The zero-order chi connectivity index (χ0) is 16.4. The molecule has 23 heavy (non-hydrogen) atoms. The maximum Gasteiger partial charge on any atom is 0.340 e. The second kappa shape index (κ2) is 6.65. The van der Waals surface area contributed by atoms with Crippen LogP contribution in [-0.4, -0.2) is 24.3 Å². The van der Waals surface area contributed by atoms with Crippen molar-refractivity contribution in [3.63, 3.8) is 0 Å². The highest BCUT2D eigenvalue weighted by atomic mass is 16.5. The van der Waals surface area contributed by atoms with Gasteiger partial charge in [-0.25, -0.2) is 4.79 Å². The Labute approximate surface area is 137 Å². The predicted molar refractivity (Wildman–Crippen MR) is 91.3 cm³/mol. The molecule has 1 aliphatic carbocycles. The number of carbonyl (C=O) groups excluding carboxylic acids is 1. The van der Waals surface area contributed by atoms with E-state index >= 15 is 0 Å². The van der Waals surface area contributed by atoms with Crippen LogP contribution in [0.2, 0.25) is 0 Å². The van der Waals surface area contributed by atoms with E-state index in [1.165, 1.54) is 32.1 Å². The number of benzene rings is 1. The Morgan fingerprint density at radius 2 is 2.00 bits per heavy atom. The summed E-state index contributed by atoms with van der Waals surface area (Å²) in [6, 6.07) is 6.46. The van der Waals surface area contributed by atoms with Crippen LogP contribution in [0.4, 0.5) is 0 Å². The predicted octanol–water partition coefficient (Wildman–Crippen LogP) is 4.64. The third-order valence-electron chi connectivity index (χ3n) is 4.88. The van der Waals surface area contributed by atoms with Crippen LogP contribution in [0.15, 0.2) is 18.2 Å². The van der Waals surface area contributed by atoms with E-state index in [1.54, 1.807) is 7.11 Å². The zero-order valence-corrected chi connectivity index (χ0v) is 14.2. The van der Waals surface area contributed by atoms with Crippen molar-refractivity contribution in [1.29, 1.82) is 0 Å². The van der Waals surface area contributed by atoms with Gasteiger partial charge in [0.2, 0.25) is 0 Å². The van der Waals surface area contributed by atoms with Crippen molar-refractivity contribution in [3.8, 4) is 5.75 Å². The molecule has 1 fully saturated rings. The van der Waals surface area contributed by atoms with Crippen molar-refractivity contribution in [3.05, 3.63) is 29.5 Å². The van der Waals surface area contributed by atoms with Gasteiger partial charge in [0.1, 0.15) is 5.75 Å². The standard InChI is InChI=1S/C19H25NO3/c1-4-23-19(21)18-13(2)20(14-8-6-5-7-9-14)17-11-10-15(22-3)12-16(17)18/h10-12,14H,4-9H2,1-3H3. The van der Waals surface area contributed by atoms with Gasteiger partial charge in [-0.15, -0.1) is 0 Å². The molecule has 4 nitrogen and oxygen atoms in total. The molecule has 3 rings (SSSR count). The maximum atomic E-state index is 12.5. The number of fused-ring (bicyclic) bond motifs is 1. The van der Waals surface area contributed by atoms with Crippen molar-refractivity contribution in [2.24, 2.45) is 0 Å². The molecule has 4 heteroatoms. The molecular weight excluding hydrogens is 290 g/mol. The number of hydrogen-bond acceptors (Lipinski definition) is 3. The Kier molecular flexibility index (Phi) is 4.60. The average molecular weight is 315 g/mol. The van der Waals surface area contributed by atoms with E-state index in [0.29, 0.717) is 18.2 Å². The van der Waals surface area contributed by atoms with Gasteiger partial charge < -0.3 is 14.0 Å². The van der Waals surface area contributed by atoms with Crippen LogP contribution in [0.25, 0.3) is 10.9 Å². The highest BCUT2D eigenvalue weighted by molar-refractivity contribution is 6.06. The van der Waals surface area contributed by atoms with Gasteiger partial charge in [-0.2, -0.15) is 0 Å². The van der Waals surface area contributed by atoms with E-state index in [9.17, 15) is 4.79 Å². The Morgan fingerprint density at radius 3 is 2.65 bits per heavy atom. The third kappa shape index (κ3) is 2.82. The highest BCUT2D eigenvalue weighted by Crippen LogP contribution is 2.37. The SMILES string of the molecule is CCOC(=O)c1c(C)n(C2CCCCC2)c2ccc(OC)cc12. The fourth-order valence-electron chi connectivity index (χ4n) is 3.82. The van der Waals surface area contributed by atoms with Crippen LogP contribution in [0.5, 0.6) is 5.75 Å².